The predicted octanol–water partition coefficient (Wildman–Crippen LogP) is 1.06. The van der Waals surface area contributed by atoms with Gasteiger partial charge in [0.25, 0.3) is 0 Å². The highest BCUT2D eigenvalue weighted by molar-refractivity contribution is 7.11. The van der Waals surface area contributed by atoms with Gasteiger partial charge in [-0.05, 0) is 12.8 Å². The fourth-order valence-corrected chi connectivity index (χ4v) is 2.52. The SMILES string of the molecule is O=C(O)Cc1nnc(C2CCCOC2)s1. The van der Waals surface area contributed by atoms with Crippen LogP contribution in [0.25, 0.3) is 0 Å². The Balaban J connectivity index is 2.02. The van der Waals surface area contributed by atoms with Gasteiger partial charge in [-0.25, -0.2) is 0 Å². The fourth-order valence-electron chi connectivity index (χ4n) is 1.57. The molecule has 1 saturated heterocycles. The number of carboxylic acid groups (broad SMARTS) is 1. The highest BCUT2D eigenvalue weighted by atomic mass is 32.1. The van der Waals surface area contributed by atoms with Crippen LogP contribution in [0.4, 0.5) is 0 Å². The van der Waals surface area contributed by atoms with Gasteiger partial charge in [0.15, 0.2) is 0 Å². The Hall–Kier alpha value is -1.01. The molecule has 0 aromatic carbocycles. The first kappa shape index (κ1) is 10.5. The Bertz CT molecular complexity index is 347. The molecule has 2 heterocycles. The van der Waals surface area contributed by atoms with Crippen LogP contribution < -0.4 is 0 Å². The maximum Gasteiger partial charge on any atom is 0.310 e. The molecule has 0 aliphatic carbocycles. The molecule has 0 amide bonds. The van der Waals surface area contributed by atoms with Gasteiger partial charge in [-0.1, -0.05) is 0 Å². The highest BCUT2D eigenvalue weighted by Crippen LogP contribution is 2.27. The van der Waals surface area contributed by atoms with Gasteiger partial charge in [-0.2, -0.15) is 0 Å². The summed E-state index contributed by atoms with van der Waals surface area (Å²) in [6.07, 6.45) is 2.06. The lowest BCUT2D eigenvalue weighted by molar-refractivity contribution is -0.136. The molecule has 0 spiro atoms. The van der Waals surface area contributed by atoms with Crippen LogP contribution in [0.1, 0.15) is 28.8 Å². The Morgan fingerprint density at radius 2 is 2.47 bits per heavy atom. The Morgan fingerprint density at radius 3 is 3.13 bits per heavy atom. The summed E-state index contributed by atoms with van der Waals surface area (Å²) < 4.78 is 5.35. The summed E-state index contributed by atoms with van der Waals surface area (Å²) in [4.78, 5) is 10.5. The third-order valence-corrected chi connectivity index (χ3v) is 3.38. The minimum absolute atomic E-state index is 0.0365. The standard InChI is InChI=1S/C9H12N2O3S/c12-8(13)4-7-10-11-9(15-7)6-2-1-3-14-5-6/h6H,1-5H2,(H,12,13). The first-order valence-electron chi connectivity index (χ1n) is 4.87. The Kier molecular flexibility index (Phi) is 3.27. The molecule has 1 aliphatic rings. The highest BCUT2D eigenvalue weighted by Gasteiger charge is 2.20. The summed E-state index contributed by atoms with van der Waals surface area (Å²) in [6.45, 7) is 1.50. The van der Waals surface area contributed by atoms with E-state index in [1.54, 1.807) is 0 Å². The second-order valence-corrected chi connectivity index (χ2v) is 4.61. The topological polar surface area (TPSA) is 72.3 Å². The van der Waals surface area contributed by atoms with E-state index in [2.05, 4.69) is 10.2 Å². The molecule has 0 radical (unpaired) electrons. The van der Waals surface area contributed by atoms with E-state index >= 15 is 0 Å². The van der Waals surface area contributed by atoms with Crippen LogP contribution >= 0.6 is 11.3 Å². The van der Waals surface area contributed by atoms with Crippen molar-refractivity contribution in [3.8, 4) is 0 Å². The van der Waals surface area contributed by atoms with Crippen molar-refractivity contribution >= 4 is 17.3 Å². The maximum atomic E-state index is 10.5. The Labute approximate surface area is 91.1 Å². The van der Waals surface area contributed by atoms with Gasteiger partial charge in [-0.15, -0.1) is 21.5 Å². The molecule has 1 unspecified atom stereocenters. The van der Waals surface area contributed by atoms with Crippen LogP contribution in [-0.4, -0.2) is 34.5 Å². The number of carboxylic acids is 1. The van der Waals surface area contributed by atoms with Crippen molar-refractivity contribution in [3.05, 3.63) is 10.0 Å². The molecule has 15 heavy (non-hydrogen) atoms. The number of hydrogen-bond donors (Lipinski definition) is 1. The lowest BCUT2D eigenvalue weighted by atomic mass is 10.0. The van der Waals surface area contributed by atoms with Crippen molar-refractivity contribution in [3.63, 3.8) is 0 Å². The van der Waals surface area contributed by atoms with E-state index in [0.717, 1.165) is 24.5 Å². The van der Waals surface area contributed by atoms with Crippen LogP contribution in [0, 0.1) is 0 Å². The number of rotatable bonds is 3. The first-order chi connectivity index (χ1) is 7.25. The minimum atomic E-state index is -0.863. The van der Waals surface area contributed by atoms with Crippen molar-refractivity contribution < 1.29 is 14.6 Å². The summed E-state index contributed by atoms with van der Waals surface area (Å²) in [7, 11) is 0. The summed E-state index contributed by atoms with van der Waals surface area (Å²) in [5.41, 5.74) is 0. The number of aromatic nitrogens is 2. The third kappa shape index (κ3) is 2.73. The van der Waals surface area contributed by atoms with Crippen LogP contribution in [0.3, 0.4) is 0 Å². The molecule has 82 valence electrons. The van der Waals surface area contributed by atoms with E-state index in [1.165, 1.54) is 11.3 Å². The summed E-state index contributed by atoms with van der Waals surface area (Å²) >= 11 is 1.38. The van der Waals surface area contributed by atoms with Gasteiger partial charge in [0.05, 0.1) is 13.0 Å². The van der Waals surface area contributed by atoms with E-state index < -0.39 is 5.97 Å². The van der Waals surface area contributed by atoms with Crippen molar-refractivity contribution in [2.24, 2.45) is 0 Å². The zero-order valence-electron chi connectivity index (χ0n) is 8.18. The van der Waals surface area contributed by atoms with E-state index in [1.807, 2.05) is 0 Å². The molecule has 1 atom stereocenters. The normalized spacial score (nSPS) is 21.5. The van der Waals surface area contributed by atoms with Crippen molar-refractivity contribution in [2.75, 3.05) is 13.2 Å². The van der Waals surface area contributed by atoms with Gasteiger partial charge in [0.2, 0.25) is 0 Å². The average Bonchev–Trinajstić information content (AvgIpc) is 2.67. The van der Waals surface area contributed by atoms with Crippen molar-refractivity contribution in [1.29, 1.82) is 0 Å². The van der Waals surface area contributed by atoms with Crippen molar-refractivity contribution in [2.45, 2.75) is 25.2 Å². The monoisotopic (exact) mass is 228 g/mol. The summed E-state index contributed by atoms with van der Waals surface area (Å²) in [5.74, 6) is -0.559. The third-order valence-electron chi connectivity index (χ3n) is 2.29. The number of carbonyl (C=O) groups is 1. The van der Waals surface area contributed by atoms with E-state index in [4.69, 9.17) is 9.84 Å². The average molecular weight is 228 g/mol. The molecule has 0 saturated carbocycles. The summed E-state index contributed by atoms with van der Waals surface area (Å²) in [5, 5.41) is 18.0. The van der Waals surface area contributed by atoms with Crippen LogP contribution in [-0.2, 0) is 16.0 Å². The quantitative estimate of drug-likeness (QED) is 0.837. The molecular formula is C9H12N2O3S. The van der Waals surface area contributed by atoms with Gasteiger partial charge in [-0.3, -0.25) is 4.79 Å². The van der Waals surface area contributed by atoms with Crippen LogP contribution in [0.5, 0.6) is 0 Å². The van der Waals surface area contributed by atoms with Crippen LogP contribution in [0.15, 0.2) is 0 Å². The molecule has 0 bridgehead atoms. The second-order valence-electron chi connectivity index (χ2n) is 3.52. The number of nitrogens with zero attached hydrogens (tertiary/aromatic N) is 2. The van der Waals surface area contributed by atoms with Gasteiger partial charge < -0.3 is 9.84 Å². The maximum absolute atomic E-state index is 10.5. The molecule has 1 N–H and O–H groups in total. The number of hydrogen-bond acceptors (Lipinski definition) is 5. The van der Waals surface area contributed by atoms with Gasteiger partial charge in [0, 0.05) is 12.5 Å². The predicted molar refractivity (Wildman–Crippen MR) is 54.0 cm³/mol. The number of ether oxygens (including phenoxy) is 1. The van der Waals surface area contributed by atoms with Gasteiger partial charge in [0.1, 0.15) is 10.0 Å². The molecule has 1 fully saturated rings. The number of aliphatic carboxylic acids is 1. The lowest BCUT2D eigenvalue weighted by Gasteiger charge is -2.19. The van der Waals surface area contributed by atoms with E-state index in [-0.39, 0.29) is 6.42 Å². The molecule has 1 aromatic heterocycles. The molecule has 2 rings (SSSR count). The fraction of sp³-hybridized carbons (Fsp3) is 0.667. The Morgan fingerprint density at radius 1 is 1.60 bits per heavy atom. The minimum Gasteiger partial charge on any atom is -0.481 e. The molecule has 1 aliphatic heterocycles. The molecule has 5 nitrogen and oxygen atoms in total. The van der Waals surface area contributed by atoms with E-state index in [0.29, 0.717) is 17.5 Å². The molecule has 6 heteroatoms. The van der Waals surface area contributed by atoms with Crippen molar-refractivity contribution in [1.82, 2.24) is 10.2 Å². The second kappa shape index (κ2) is 4.67. The summed E-state index contributed by atoms with van der Waals surface area (Å²) in [6, 6.07) is 0. The van der Waals surface area contributed by atoms with Gasteiger partial charge >= 0.3 is 5.97 Å². The zero-order valence-corrected chi connectivity index (χ0v) is 9.00. The molecular weight excluding hydrogens is 216 g/mol. The smallest absolute Gasteiger partial charge is 0.310 e. The first-order valence-corrected chi connectivity index (χ1v) is 5.69. The zero-order chi connectivity index (χ0) is 10.7. The lowest BCUT2D eigenvalue weighted by Crippen LogP contribution is -2.15. The molecule has 1 aromatic rings. The van der Waals surface area contributed by atoms with Crippen LogP contribution in [0.2, 0.25) is 0 Å². The van der Waals surface area contributed by atoms with E-state index in [9.17, 15) is 4.79 Å². The largest absolute Gasteiger partial charge is 0.481 e.